The van der Waals surface area contributed by atoms with Crippen molar-refractivity contribution >= 4 is 5.69 Å². The molecule has 0 bridgehead atoms. The van der Waals surface area contributed by atoms with E-state index in [0.29, 0.717) is 17.2 Å². The molecule has 0 atom stereocenters. The number of hydrogen-bond acceptors (Lipinski definition) is 6. The summed E-state index contributed by atoms with van der Waals surface area (Å²) < 4.78 is 25.7. The summed E-state index contributed by atoms with van der Waals surface area (Å²) in [6.07, 6.45) is -2.15. The van der Waals surface area contributed by atoms with E-state index in [1.165, 1.54) is 24.3 Å². The second kappa shape index (κ2) is 12.2. The zero-order valence-electron chi connectivity index (χ0n) is 27.1. The van der Waals surface area contributed by atoms with Crippen LogP contribution in [0.15, 0.2) is 97.1 Å². The van der Waals surface area contributed by atoms with Crippen LogP contribution in [0.4, 0.5) is 5.69 Å². The van der Waals surface area contributed by atoms with Crippen LogP contribution < -0.4 is 18.9 Å². The fraction of sp³-hybridized carbons (Fsp3) is 0.351. The summed E-state index contributed by atoms with van der Waals surface area (Å²) in [7, 11) is 0. The van der Waals surface area contributed by atoms with Gasteiger partial charge in [0.05, 0.1) is 4.92 Å². The molecule has 0 spiro atoms. The van der Waals surface area contributed by atoms with Crippen LogP contribution >= 0.6 is 0 Å². The molecule has 0 radical (unpaired) electrons. The number of hydrogen-bond donors (Lipinski definition) is 0. The van der Waals surface area contributed by atoms with Crippen LogP contribution in [0, 0.1) is 10.1 Å². The molecule has 7 nitrogen and oxygen atoms in total. The van der Waals surface area contributed by atoms with E-state index in [9.17, 15) is 10.1 Å². The van der Waals surface area contributed by atoms with Crippen molar-refractivity contribution in [1.29, 1.82) is 0 Å². The van der Waals surface area contributed by atoms with Gasteiger partial charge >= 0.3 is 6.16 Å². The monoisotopic (exact) mass is 597 g/mol. The Morgan fingerprint density at radius 3 is 0.864 bits per heavy atom. The molecule has 0 N–H and O–H groups in total. The van der Waals surface area contributed by atoms with Crippen LogP contribution in [0.1, 0.15) is 79.0 Å². The highest BCUT2D eigenvalue weighted by Gasteiger charge is 2.44. The van der Waals surface area contributed by atoms with E-state index in [4.69, 9.17) is 18.9 Å². The lowest BCUT2D eigenvalue weighted by atomic mass is 9.87. The van der Waals surface area contributed by atoms with Crippen molar-refractivity contribution in [2.24, 2.45) is 0 Å². The number of nitrogens with zero attached hydrogens (tertiary/aromatic N) is 1. The van der Waals surface area contributed by atoms with Gasteiger partial charge in [-0.05, 0) is 81.5 Å². The molecule has 4 aromatic rings. The molecule has 7 heteroatoms. The van der Waals surface area contributed by atoms with Gasteiger partial charge in [-0.3, -0.25) is 10.1 Å². The van der Waals surface area contributed by atoms with Gasteiger partial charge < -0.3 is 18.9 Å². The van der Waals surface area contributed by atoms with Crippen LogP contribution in [0.2, 0.25) is 0 Å². The summed E-state index contributed by atoms with van der Waals surface area (Å²) >= 11 is 0. The molecule has 0 saturated carbocycles. The van der Waals surface area contributed by atoms with Crippen LogP contribution in [0.25, 0.3) is 0 Å². The standard InChI is InChI=1S/C37H43NO6/c1-34(2,3)26-10-18-30(19-11-26)41-37(44-33-24-16-29(17-25-33)38(39)40,42-31-20-12-27(13-21-31)35(4,5)6)43-32-22-14-28(15-23-32)36(7,8)9/h10-25H,1-9H3. The first-order chi connectivity index (χ1) is 20.4. The van der Waals surface area contributed by atoms with Crippen molar-refractivity contribution in [3.8, 4) is 23.0 Å². The number of non-ortho nitro benzene ring substituents is 1. The van der Waals surface area contributed by atoms with E-state index in [0.717, 1.165) is 16.7 Å². The number of nitro groups is 1. The first-order valence-corrected chi connectivity index (χ1v) is 14.8. The Morgan fingerprint density at radius 1 is 0.432 bits per heavy atom. The van der Waals surface area contributed by atoms with E-state index < -0.39 is 11.1 Å². The number of nitro benzene ring substituents is 1. The van der Waals surface area contributed by atoms with E-state index in [1.807, 2.05) is 72.8 Å². The van der Waals surface area contributed by atoms with Crippen molar-refractivity contribution in [2.75, 3.05) is 0 Å². The van der Waals surface area contributed by atoms with Gasteiger partial charge in [0.15, 0.2) is 0 Å². The highest BCUT2D eigenvalue weighted by molar-refractivity contribution is 5.38. The summed E-state index contributed by atoms with van der Waals surface area (Å²) in [6.45, 7) is 19.2. The van der Waals surface area contributed by atoms with E-state index in [1.54, 1.807) is 0 Å². The molecule has 232 valence electrons. The topological polar surface area (TPSA) is 80.1 Å². The molecule has 0 aliphatic carbocycles. The van der Waals surface area contributed by atoms with Gasteiger partial charge in [0.1, 0.15) is 23.0 Å². The Balaban J connectivity index is 1.81. The van der Waals surface area contributed by atoms with Crippen molar-refractivity contribution in [2.45, 2.75) is 84.7 Å². The van der Waals surface area contributed by atoms with E-state index >= 15 is 0 Å². The minimum atomic E-state index is -2.15. The predicted molar refractivity (Wildman–Crippen MR) is 174 cm³/mol. The van der Waals surface area contributed by atoms with Crippen molar-refractivity contribution in [1.82, 2.24) is 0 Å². The maximum atomic E-state index is 11.3. The van der Waals surface area contributed by atoms with Crippen LogP contribution in [-0.2, 0) is 16.2 Å². The van der Waals surface area contributed by atoms with E-state index in [-0.39, 0.29) is 27.7 Å². The SMILES string of the molecule is CC(C)(C)c1ccc(OC(Oc2ccc([N+](=O)[O-])cc2)(Oc2ccc(C(C)(C)C)cc2)Oc2ccc(C(C)(C)C)cc2)cc1. The normalized spacial score (nSPS) is 12.4. The summed E-state index contributed by atoms with van der Waals surface area (Å²) in [5, 5.41) is 11.3. The highest BCUT2D eigenvalue weighted by Crippen LogP contribution is 2.34. The fourth-order valence-electron chi connectivity index (χ4n) is 4.41. The second-order valence-electron chi connectivity index (χ2n) is 14.0. The maximum Gasteiger partial charge on any atom is 0.611 e. The zero-order chi connectivity index (χ0) is 32.3. The van der Waals surface area contributed by atoms with Crippen LogP contribution in [0.5, 0.6) is 23.0 Å². The highest BCUT2D eigenvalue weighted by atomic mass is 17.0. The third kappa shape index (κ3) is 8.31. The first-order valence-electron chi connectivity index (χ1n) is 14.8. The average molecular weight is 598 g/mol. The molecule has 0 aliphatic rings. The minimum absolute atomic E-state index is 0.0541. The Bertz CT molecular complexity index is 1390. The first kappa shape index (κ1) is 32.4. The van der Waals surface area contributed by atoms with Crippen molar-refractivity contribution < 1.29 is 23.9 Å². The molecular formula is C37H43NO6. The Morgan fingerprint density at radius 2 is 0.659 bits per heavy atom. The van der Waals surface area contributed by atoms with Gasteiger partial charge in [-0.25, -0.2) is 0 Å². The molecule has 0 aliphatic heterocycles. The molecule has 4 aromatic carbocycles. The largest absolute Gasteiger partial charge is 0.611 e. The average Bonchev–Trinajstić information content (AvgIpc) is 2.93. The maximum absolute atomic E-state index is 11.3. The molecule has 44 heavy (non-hydrogen) atoms. The minimum Gasteiger partial charge on any atom is -0.386 e. The Labute approximate surface area is 260 Å². The van der Waals surface area contributed by atoms with Gasteiger partial charge in [0, 0.05) is 12.1 Å². The van der Waals surface area contributed by atoms with Crippen LogP contribution in [0.3, 0.4) is 0 Å². The quantitative estimate of drug-likeness (QED) is 0.109. The lowest BCUT2D eigenvalue weighted by Gasteiger charge is -2.33. The van der Waals surface area contributed by atoms with Crippen molar-refractivity contribution in [3.05, 3.63) is 124 Å². The van der Waals surface area contributed by atoms with Crippen LogP contribution in [-0.4, -0.2) is 11.1 Å². The molecular weight excluding hydrogens is 554 g/mol. The predicted octanol–water partition coefficient (Wildman–Crippen LogP) is 9.71. The third-order valence-corrected chi connectivity index (χ3v) is 7.18. The summed E-state index contributed by atoms with van der Waals surface area (Å²) in [5.74, 6) is 1.58. The molecule has 0 fully saturated rings. The molecule has 0 unspecified atom stereocenters. The lowest BCUT2D eigenvalue weighted by molar-refractivity contribution is -0.385. The molecule has 0 aromatic heterocycles. The second-order valence-corrected chi connectivity index (χ2v) is 14.0. The molecule has 4 rings (SSSR count). The number of rotatable bonds is 9. The van der Waals surface area contributed by atoms with E-state index in [2.05, 4.69) is 62.3 Å². The van der Waals surface area contributed by atoms with Crippen molar-refractivity contribution in [3.63, 3.8) is 0 Å². The molecule has 0 saturated heterocycles. The van der Waals surface area contributed by atoms with Gasteiger partial charge in [0.2, 0.25) is 0 Å². The molecule has 0 amide bonds. The third-order valence-electron chi connectivity index (χ3n) is 7.18. The lowest BCUT2D eigenvalue weighted by Crippen LogP contribution is -2.53. The summed E-state index contributed by atoms with van der Waals surface area (Å²) in [5.41, 5.74) is 3.15. The van der Waals surface area contributed by atoms with Gasteiger partial charge in [-0.2, -0.15) is 0 Å². The Hall–Kier alpha value is -4.52. The smallest absolute Gasteiger partial charge is 0.386 e. The van der Waals surface area contributed by atoms with Gasteiger partial charge in [-0.1, -0.05) is 98.7 Å². The number of ether oxygens (including phenoxy) is 4. The number of benzene rings is 4. The summed E-state index contributed by atoms with van der Waals surface area (Å²) in [4.78, 5) is 10.8. The van der Waals surface area contributed by atoms with Gasteiger partial charge in [-0.15, -0.1) is 0 Å². The molecule has 0 heterocycles. The fourth-order valence-corrected chi connectivity index (χ4v) is 4.41. The zero-order valence-corrected chi connectivity index (χ0v) is 27.1. The summed E-state index contributed by atoms with van der Waals surface area (Å²) in [6, 6.07) is 28.6. The Kier molecular flexibility index (Phi) is 9.00. The van der Waals surface area contributed by atoms with Gasteiger partial charge in [0.25, 0.3) is 5.69 Å².